The highest BCUT2D eigenvalue weighted by Crippen LogP contribution is 2.47. The standard InChI is InChI=1S/C42H38O12/c1-50-37-18-24(7-13-31(37)45)5-11-28(43)22-35(49)41-30(17-26-9-15-33(47)39(20-26)52-3)36(54-42(41)27-10-16-34(48)40(21-27)53-4)23-29(44)12-6-25-8-14-32(46)38(19-25)51-2/h5-23,41-43,45-48H,1-4H3/t41-,42+/m0/s1. The Bertz CT molecular complexity index is 2210. The largest absolute Gasteiger partial charge is 0.508 e. The predicted octanol–water partition coefficient (Wildman–Crippen LogP) is 7.21. The van der Waals surface area contributed by atoms with Gasteiger partial charge in [-0.1, -0.05) is 36.4 Å². The number of phenolic OH excluding ortho intramolecular Hbond substituents is 4. The van der Waals surface area contributed by atoms with Crippen molar-refractivity contribution in [3.63, 3.8) is 0 Å². The number of methoxy groups -OCH3 is 4. The van der Waals surface area contributed by atoms with E-state index >= 15 is 0 Å². The van der Waals surface area contributed by atoms with Crippen molar-refractivity contribution in [1.29, 1.82) is 0 Å². The number of aliphatic hydroxyl groups is 1. The van der Waals surface area contributed by atoms with Crippen molar-refractivity contribution >= 4 is 29.8 Å². The molecule has 12 nitrogen and oxygen atoms in total. The average Bonchev–Trinajstić information content (AvgIpc) is 3.51. The summed E-state index contributed by atoms with van der Waals surface area (Å²) in [6, 6.07) is 18.1. The fraction of sp³-hybridized carbons (Fsp3) is 0.143. The second kappa shape index (κ2) is 17.0. The van der Waals surface area contributed by atoms with Gasteiger partial charge in [0, 0.05) is 17.7 Å². The molecule has 0 aromatic heterocycles. The van der Waals surface area contributed by atoms with E-state index in [1.807, 2.05) is 0 Å². The molecule has 1 heterocycles. The summed E-state index contributed by atoms with van der Waals surface area (Å²) < 4.78 is 27.3. The maximum atomic E-state index is 14.3. The Morgan fingerprint density at radius 2 is 1.09 bits per heavy atom. The zero-order valence-corrected chi connectivity index (χ0v) is 29.7. The fourth-order valence-electron chi connectivity index (χ4n) is 5.68. The van der Waals surface area contributed by atoms with Gasteiger partial charge in [-0.15, -0.1) is 0 Å². The van der Waals surface area contributed by atoms with Gasteiger partial charge < -0.3 is 49.2 Å². The number of carbonyl (C=O) groups is 2. The topological polar surface area (TPSA) is 181 Å². The summed E-state index contributed by atoms with van der Waals surface area (Å²) in [4.78, 5) is 27.7. The molecule has 12 heteroatoms. The Balaban J connectivity index is 1.62. The lowest BCUT2D eigenvalue weighted by atomic mass is 9.85. The van der Waals surface area contributed by atoms with Gasteiger partial charge in [-0.2, -0.15) is 0 Å². The van der Waals surface area contributed by atoms with Crippen LogP contribution in [0.15, 0.2) is 114 Å². The zero-order chi connectivity index (χ0) is 38.9. The van der Waals surface area contributed by atoms with Gasteiger partial charge in [0.15, 0.2) is 57.6 Å². The Labute approximate surface area is 311 Å². The number of ketones is 2. The van der Waals surface area contributed by atoms with Crippen LogP contribution in [0.3, 0.4) is 0 Å². The molecular weight excluding hydrogens is 696 g/mol. The second-order valence-electron chi connectivity index (χ2n) is 11.9. The zero-order valence-electron chi connectivity index (χ0n) is 29.7. The molecule has 0 amide bonds. The van der Waals surface area contributed by atoms with Crippen LogP contribution in [0.4, 0.5) is 0 Å². The van der Waals surface area contributed by atoms with Crippen LogP contribution in [0.1, 0.15) is 28.4 Å². The molecular formula is C42H38O12. The molecule has 4 aromatic carbocycles. The molecule has 5 rings (SSSR count). The molecule has 2 atom stereocenters. The first kappa shape index (κ1) is 38.2. The molecule has 1 saturated heterocycles. The lowest BCUT2D eigenvalue weighted by Gasteiger charge is -2.18. The van der Waals surface area contributed by atoms with Crippen molar-refractivity contribution in [2.24, 2.45) is 5.92 Å². The fourth-order valence-corrected chi connectivity index (χ4v) is 5.68. The van der Waals surface area contributed by atoms with Crippen molar-refractivity contribution < 1.29 is 58.8 Å². The van der Waals surface area contributed by atoms with Gasteiger partial charge in [0.2, 0.25) is 0 Å². The van der Waals surface area contributed by atoms with Gasteiger partial charge in [-0.3, -0.25) is 9.59 Å². The molecule has 0 unspecified atom stereocenters. The molecule has 4 aromatic rings. The summed E-state index contributed by atoms with van der Waals surface area (Å²) in [6.07, 6.45) is 8.41. The van der Waals surface area contributed by atoms with Crippen molar-refractivity contribution in [2.75, 3.05) is 28.4 Å². The number of phenols is 4. The number of rotatable bonds is 13. The Morgan fingerprint density at radius 1 is 0.630 bits per heavy atom. The van der Waals surface area contributed by atoms with Gasteiger partial charge >= 0.3 is 0 Å². The van der Waals surface area contributed by atoms with Gasteiger partial charge in [0.05, 0.1) is 34.4 Å². The molecule has 0 radical (unpaired) electrons. The lowest BCUT2D eigenvalue weighted by Crippen LogP contribution is -2.18. The third-order valence-electron chi connectivity index (χ3n) is 8.40. The van der Waals surface area contributed by atoms with Crippen molar-refractivity contribution in [1.82, 2.24) is 0 Å². The second-order valence-corrected chi connectivity index (χ2v) is 11.9. The normalized spacial score (nSPS) is 17.2. The van der Waals surface area contributed by atoms with E-state index in [0.717, 1.165) is 6.08 Å². The highest BCUT2D eigenvalue weighted by Gasteiger charge is 2.43. The van der Waals surface area contributed by atoms with Crippen LogP contribution in [0.25, 0.3) is 18.2 Å². The van der Waals surface area contributed by atoms with E-state index < -0.39 is 29.3 Å². The van der Waals surface area contributed by atoms with Crippen LogP contribution in [0.2, 0.25) is 0 Å². The molecule has 1 fully saturated rings. The highest BCUT2D eigenvalue weighted by atomic mass is 16.5. The van der Waals surface area contributed by atoms with Crippen LogP contribution < -0.4 is 18.9 Å². The monoisotopic (exact) mass is 734 g/mol. The van der Waals surface area contributed by atoms with Crippen molar-refractivity contribution in [3.05, 3.63) is 136 Å². The van der Waals surface area contributed by atoms with Crippen LogP contribution in [-0.4, -0.2) is 65.5 Å². The molecule has 0 spiro atoms. The van der Waals surface area contributed by atoms with E-state index in [9.17, 15) is 35.1 Å². The maximum absolute atomic E-state index is 14.3. The SMILES string of the molecule is COc1cc(C=CC(=O)C=C2O[C@H](c3ccc(O)c(OC)c3)[C@H](C(=O)C=C(O)C=Cc3ccc(O)c(OC)c3)C2=Cc2ccc(O)c(OC)c2)ccc1O. The summed E-state index contributed by atoms with van der Waals surface area (Å²) in [7, 11) is 5.57. The van der Waals surface area contributed by atoms with Crippen LogP contribution in [0, 0.1) is 5.92 Å². The van der Waals surface area contributed by atoms with E-state index in [1.54, 1.807) is 48.5 Å². The molecule has 1 aliphatic rings. The van der Waals surface area contributed by atoms with Gasteiger partial charge in [-0.25, -0.2) is 0 Å². The summed E-state index contributed by atoms with van der Waals surface area (Å²) in [6.45, 7) is 0. The lowest BCUT2D eigenvalue weighted by molar-refractivity contribution is -0.119. The van der Waals surface area contributed by atoms with Crippen molar-refractivity contribution in [3.8, 4) is 46.0 Å². The minimum Gasteiger partial charge on any atom is -0.508 e. The number of carbonyl (C=O) groups excluding carboxylic acids is 2. The minimum absolute atomic E-state index is 0.0370. The highest BCUT2D eigenvalue weighted by molar-refractivity contribution is 6.04. The smallest absolute Gasteiger partial charge is 0.182 e. The molecule has 5 N–H and O–H groups in total. The van der Waals surface area contributed by atoms with E-state index in [4.69, 9.17) is 23.7 Å². The van der Waals surface area contributed by atoms with E-state index in [2.05, 4.69) is 0 Å². The summed E-state index contributed by atoms with van der Waals surface area (Å²) in [5.41, 5.74) is 2.30. The third kappa shape index (κ3) is 8.86. The molecule has 0 aliphatic carbocycles. The Morgan fingerprint density at radius 3 is 1.63 bits per heavy atom. The first-order chi connectivity index (χ1) is 25.9. The van der Waals surface area contributed by atoms with E-state index in [1.165, 1.54) is 89.2 Å². The number of aliphatic hydroxyl groups excluding tert-OH is 1. The summed E-state index contributed by atoms with van der Waals surface area (Å²) >= 11 is 0. The van der Waals surface area contributed by atoms with E-state index in [-0.39, 0.29) is 57.3 Å². The van der Waals surface area contributed by atoms with Crippen LogP contribution in [-0.2, 0) is 14.3 Å². The number of ether oxygens (including phenoxy) is 5. The van der Waals surface area contributed by atoms with Gasteiger partial charge in [-0.05, 0) is 89.0 Å². The number of benzene rings is 4. The molecule has 1 aliphatic heterocycles. The number of aromatic hydroxyl groups is 4. The first-order valence-electron chi connectivity index (χ1n) is 16.4. The molecule has 278 valence electrons. The molecule has 0 bridgehead atoms. The quantitative estimate of drug-likeness (QED) is 0.0530. The predicted molar refractivity (Wildman–Crippen MR) is 201 cm³/mol. The van der Waals surface area contributed by atoms with E-state index in [0.29, 0.717) is 22.3 Å². The number of hydrogen-bond donors (Lipinski definition) is 5. The molecule has 54 heavy (non-hydrogen) atoms. The number of allylic oxidation sites excluding steroid dienone is 5. The Hall–Kier alpha value is -7.08. The maximum Gasteiger partial charge on any atom is 0.182 e. The van der Waals surface area contributed by atoms with Crippen molar-refractivity contribution in [2.45, 2.75) is 6.10 Å². The summed E-state index contributed by atoms with van der Waals surface area (Å²) in [5, 5.41) is 51.4. The minimum atomic E-state index is -1.16. The van der Waals surface area contributed by atoms with Crippen LogP contribution in [0.5, 0.6) is 46.0 Å². The number of hydrogen-bond acceptors (Lipinski definition) is 12. The average molecular weight is 735 g/mol. The first-order valence-corrected chi connectivity index (χ1v) is 16.4. The van der Waals surface area contributed by atoms with Gasteiger partial charge in [0.25, 0.3) is 0 Å². The molecule has 0 saturated carbocycles. The van der Waals surface area contributed by atoms with Gasteiger partial charge in [0.1, 0.15) is 17.6 Å². The Kier molecular flexibility index (Phi) is 12.0. The third-order valence-corrected chi connectivity index (χ3v) is 8.40. The van der Waals surface area contributed by atoms with Crippen LogP contribution >= 0.6 is 0 Å². The summed E-state index contributed by atoms with van der Waals surface area (Å²) in [5.74, 6) is -2.30.